The van der Waals surface area contributed by atoms with Gasteiger partial charge in [0.2, 0.25) is 0 Å². The van der Waals surface area contributed by atoms with Gasteiger partial charge in [-0.05, 0) is 59.8 Å². The molecule has 1 amide bonds. The van der Waals surface area contributed by atoms with Crippen molar-refractivity contribution in [3.63, 3.8) is 0 Å². The molecule has 0 fully saturated rings. The molecule has 0 radical (unpaired) electrons. The molecule has 2 rings (SSSR count). The maximum absolute atomic E-state index is 12.5. The number of hydrogen-bond donors (Lipinski definition) is 0. The maximum Gasteiger partial charge on any atom is 0.258 e. The van der Waals surface area contributed by atoms with Crippen molar-refractivity contribution in [2.45, 2.75) is 6.92 Å². The topological polar surface area (TPSA) is 20.3 Å². The van der Waals surface area contributed by atoms with Crippen molar-refractivity contribution in [2.24, 2.45) is 0 Å². The molecule has 0 saturated carbocycles. The lowest BCUT2D eigenvalue weighted by Gasteiger charge is -2.21. The smallest absolute Gasteiger partial charge is 0.258 e. The monoisotopic (exact) mass is 385 g/mol. The number of benzene rings is 2. The van der Waals surface area contributed by atoms with Gasteiger partial charge in [0.1, 0.15) is 0 Å². The highest BCUT2D eigenvalue weighted by atomic mass is 127. The van der Waals surface area contributed by atoms with Gasteiger partial charge in [-0.1, -0.05) is 29.8 Å². The van der Waals surface area contributed by atoms with E-state index in [1.165, 1.54) is 0 Å². The molecule has 0 aromatic heterocycles. The number of para-hydroxylation sites is 1. The zero-order chi connectivity index (χ0) is 13.8. The van der Waals surface area contributed by atoms with Crippen LogP contribution in [0.25, 0.3) is 0 Å². The third-order valence-corrected chi connectivity index (χ3v) is 4.37. The van der Waals surface area contributed by atoms with Gasteiger partial charge < -0.3 is 4.90 Å². The molecule has 0 N–H and O–H groups in total. The Labute approximate surface area is 131 Å². The SMILES string of the molecule is CCN(C(=O)c1ccc(I)c(Cl)c1)c1ccccc1. The zero-order valence-corrected chi connectivity index (χ0v) is 13.4. The predicted molar refractivity (Wildman–Crippen MR) is 88.0 cm³/mol. The molecule has 19 heavy (non-hydrogen) atoms. The third-order valence-electron chi connectivity index (χ3n) is 2.80. The Kier molecular flexibility index (Phi) is 4.82. The molecule has 0 spiro atoms. The lowest BCUT2D eigenvalue weighted by Crippen LogP contribution is -2.30. The molecule has 0 bridgehead atoms. The first-order valence-corrected chi connectivity index (χ1v) is 7.41. The van der Waals surface area contributed by atoms with E-state index in [1.54, 1.807) is 11.0 Å². The molecule has 0 aliphatic rings. The summed E-state index contributed by atoms with van der Waals surface area (Å²) in [6, 6.07) is 15.0. The number of anilines is 1. The Bertz CT molecular complexity index is 586. The Morgan fingerprint density at radius 1 is 1.21 bits per heavy atom. The molecule has 0 aliphatic carbocycles. The van der Waals surface area contributed by atoms with Gasteiger partial charge in [0, 0.05) is 21.4 Å². The fraction of sp³-hybridized carbons (Fsp3) is 0.133. The highest BCUT2D eigenvalue weighted by molar-refractivity contribution is 14.1. The number of hydrogen-bond acceptors (Lipinski definition) is 1. The lowest BCUT2D eigenvalue weighted by atomic mass is 10.2. The molecule has 2 aromatic carbocycles. The number of carbonyl (C=O) groups excluding carboxylic acids is 1. The lowest BCUT2D eigenvalue weighted by molar-refractivity contribution is 0.0988. The first kappa shape index (κ1) is 14.3. The third kappa shape index (κ3) is 3.28. The van der Waals surface area contributed by atoms with Crippen molar-refractivity contribution in [3.05, 3.63) is 62.7 Å². The molecular formula is C15H13ClINO. The Balaban J connectivity index is 2.33. The summed E-state index contributed by atoms with van der Waals surface area (Å²) in [4.78, 5) is 14.2. The van der Waals surface area contributed by atoms with E-state index in [1.807, 2.05) is 49.4 Å². The van der Waals surface area contributed by atoms with Crippen LogP contribution in [0.15, 0.2) is 48.5 Å². The second kappa shape index (κ2) is 6.39. The minimum Gasteiger partial charge on any atom is -0.309 e. The van der Waals surface area contributed by atoms with E-state index in [9.17, 15) is 4.79 Å². The summed E-state index contributed by atoms with van der Waals surface area (Å²) in [5.74, 6) is -0.0352. The molecule has 0 saturated heterocycles. The summed E-state index contributed by atoms with van der Waals surface area (Å²) in [5.41, 5.74) is 1.50. The van der Waals surface area contributed by atoms with Crippen molar-refractivity contribution in [2.75, 3.05) is 11.4 Å². The summed E-state index contributed by atoms with van der Waals surface area (Å²) in [7, 11) is 0. The molecule has 0 heterocycles. The number of amides is 1. The quantitative estimate of drug-likeness (QED) is 0.707. The van der Waals surface area contributed by atoms with Crippen LogP contribution in [-0.2, 0) is 0 Å². The van der Waals surface area contributed by atoms with Crippen LogP contribution in [0.1, 0.15) is 17.3 Å². The summed E-state index contributed by atoms with van der Waals surface area (Å²) in [6.07, 6.45) is 0. The van der Waals surface area contributed by atoms with Crippen molar-refractivity contribution in [1.82, 2.24) is 0 Å². The standard InChI is InChI=1S/C15H13ClINO/c1-2-18(12-6-4-3-5-7-12)15(19)11-8-9-14(17)13(16)10-11/h3-10H,2H2,1H3. The molecular weight excluding hydrogens is 373 g/mol. The molecule has 2 nitrogen and oxygen atoms in total. The first-order chi connectivity index (χ1) is 9.13. The Morgan fingerprint density at radius 2 is 1.89 bits per heavy atom. The van der Waals surface area contributed by atoms with Crippen LogP contribution in [-0.4, -0.2) is 12.5 Å². The minimum absolute atomic E-state index is 0.0352. The van der Waals surface area contributed by atoms with E-state index in [0.717, 1.165) is 9.26 Å². The van der Waals surface area contributed by atoms with E-state index < -0.39 is 0 Å². The van der Waals surface area contributed by atoms with E-state index in [4.69, 9.17) is 11.6 Å². The van der Waals surface area contributed by atoms with Gasteiger partial charge in [0.25, 0.3) is 5.91 Å². The van der Waals surface area contributed by atoms with Gasteiger partial charge in [0.05, 0.1) is 5.02 Å². The van der Waals surface area contributed by atoms with Gasteiger partial charge in [-0.15, -0.1) is 0 Å². The Hall–Kier alpha value is -1.07. The predicted octanol–water partition coefficient (Wildman–Crippen LogP) is 4.61. The summed E-state index contributed by atoms with van der Waals surface area (Å²) < 4.78 is 0.943. The van der Waals surface area contributed by atoms with E-state index in [2.05, 4.69) is 22.6 Å². The zero-order valence-electron chi connectivity index (χ0n) is 10.4. The number of carbonyl (C=O) groups is 1. The van der Waals surface area contributed by atoms with E-state index in [0.29, 0.717) is 17.1 Å². The number of nitrogens with zero attached hydrogens (tertiary/aromatic N) is 1. The molecule has 4 heteroatoms. The van der Waals surface area contributed by atoms with Gasteiger partial charge in [-0.3, -0.25) is 4.79 Å². The molecule has 98 valence electrons. The largest absolute Gasteiger partial charge is 0.309 e. The van der Waals surface area contributed by atoms with Crippen LogP contribution in [0.3, 0.4) is 0 Å². The molecule has 2 aromatic rings. The maximum atomic E-state index is 12.5. The normalized spacial score (nSPS) is 10.3. The number of halogens is 2. The Morgan fingerprint density at radius 3 is 2.47 bits per heavy atom. The summed E-state index contributed by atoms with van der Waals surface area (Å²) >= 11 is 8.22. The van der Waals surface area contributed by atoms with Crippen LogP contribution in [0.5, 0.6) is 0 Å². The average Bonchev–Trinajstić information content (AvgIpc) is 2.44. The highest BCUT2D eigenvalue weighted by Gasteiger charge is 2.16. The van der Waals surface area contributed by atoms with Crippen LogP contribution < -0.4 is 4.90 Å². The van der Waals surface area contributed by atoms with E-state index in [-0.39, 0.29) is 5.91 Å². The molecule has 0 aliphatic heterocycles. The first-order valence-electron chi connectivity index (χ1n) is 5.95. The van der Waals surface area contributed by atoms with Gasteiger partial charge >= 0.3 is 0 Å². The van der Waals surface area contributed by atoms with Crippen LogP contribution in [0.2, 0.25) is 5.02 Å². The molecule has 0 unspecified atom stereocenters. The van der Waals surface area contributed by atoms with E-state index >= 15 is 0 Å². The number of rotatable bonds is 3. The minimum atomic E-state index is -0.0352. The summed E-state index contributed by atoms with van der Waals surface area (Å²) in [5, 5.41) is 0.607. The second-order valence-corrected chi connectivity index (χ2v) is 5.58. The summed E-state index contributed by atoms with van der Waals surface area (Å²) in [6.45, 7) is 2.58. The molecule has 0 atom stereocenters. The van der Waals surface area contributed by atoms with Gasteiger partial charge in [-0.25, -0.2) is 0 Å². The van der Waals surface area contributed by atoms with Crippen LogP contribution in [0, 0.1) is 3.57 Å². The van der Waals surface area contributed by atoms with Gasteiger partial charge in [-0.2, -0.15) is 0 Å². The fourth-order valence-corrected chi connectivity index (χ4v) is 2.35. The van der Waals surface area contributed by atoms with Gasteiger partial charge in [0.15, 0.2) is 0 Å². The average molecular weight is 386 g/mol. The van der Waals surface area contributed by atoms with Crippen molar-refractivity contribution in [3.8, 4) is 0 Å². The highest BCUT2D eigenvalue weighted by Crippen LogP contribution is 2.22. The van der Waals surface area contributed by atoms with Crippen LogP contribution in [0.4, 0.5) is 5.69 Å². The van der Waals surface area contributed by atoms with Crippen LogP contribution >= 0.6 is 34.2 Å². The second-order valence-electron chi connectivity index (χ2n) is 4.01. The van der Waals surface area contributed by atoms with Crippen molar-refractivity contribution >= 4 is 45.8 Å². The van der Waals surface area contributed by atoms with Crippen molar-refractivity contribution < 1.29 is 4.79 Å². The van der Waals surface area contributed by atoms with Crippen molar-refractivity contribution in [1.29, 1.82) is 0 Å². The fourth-order valence-electron chi connectivity index (χ4n) is 1.84.